The Bertz CT molecular complexity index is 1010. The molecule has 4 nitrogen and oxygen atoms in total. The first-order valence-corrected chi connectivity index (χ1v) is 7.37. The highest BCUT2D eigenvalue weighted by molar-refractivity contribution is 6.30. The normalized spacial score (nSPS) is 12.8. The van der Waals surface area contributed by atoms with Crippen molar-refractivity contribution in [1.29, 1.82) is 0 Å². The zero-order valence-corrected chi connectivity index (χ0v) is 13.6. The molecule has 26 heavy (non-hydrogen) atoms. The summed E-state index contributed by atoms with van der Waals surface area (Å²) in [4.78, 5) is 2.74. The molecule has 0 amide bonds. The van der Waals surface area contributed by atoms with Gasteiger partial charge in [0.15, 0.2) is 5.69 Å². The molecule has 2 heterocycles. The molecule has 138 valence electrons. The number of anilines is 1. The van der Waals surface area contributed by atoms with Crippen LogP contribution in [0.25, 0.3) is 16.6 Å². The summed E-state index contributed by atoms with van der Waals surface area (Å²) in [5.41, 5.74) is 2.58. The van der Waals surface area contributed by atoms with Crippen LogP contribution in [0.2, 0.25) is 5.02 Å². The molecule has 0 aliphatic rings. The number of halogens is 7. The third-order valence-corrected chi connectivity index (χ3v) is 3.87. The molecule has 0 atom stereocenters. The van der Waals surface area contributed by atoms with E-state index in [9.17, 15) is 26.3 Å². The van der Waals surface area contributed by atoms with Gasteiger partial charge in [0.1, 0.15) is 11.5 Å². The van der Waals surface area contributed by atoms with Crippen LogP contribution < -0.4 is 5.73 Å². The Morgan fingerprint density at radius 3 is 2.23 bits per heavy atom. The van der Waals surface area contributed by atoms with Crippen LogP contribution in [0.3, 0.4) is 0 Å². The number of alkyl halides is 6. The molecule has 11 heteroatoms. The van der Waals surface area contributed by atoms with Crippen LogP contribution >= 0.6 is 11.6 Å². The minimum Gasteiger partial charge on any atom is -0.383 e. The zero-order valence-electron chi connectivity index (χ0n) is 12.9. The molecule has 0 aliphatic heterocycles. The average molecular weight is 395 g/mol. The van der Waals surface area contributed by atoms with Gasteiger partial charge in [0.2, 0.25) is 0 Å². The van der Waals surface area contributed by atoms with Crippen molar-refractivity contribution in [3.05, 3.63) is 46.2 Å². The molecule has 0 unspecified atom stereocenters. The molecule has 0 saturated heterocycles. The maximum absolute atomic E-state index is 13.3. The summed E-state index contributed by atoms with van der Waals surface area (Å²) in [6.45, 7) is 1.61. The number of benzene rings is 1. The predicted molar refractivity (Wildman–Crippen MR) is 83.0 cm³/mol. The van der Waals surface area contributed by atoms with Crippen LogP contribution in [0, 0.1) is 6.92 Å². The van der Waals surface area contributed by atoms with E-state index in [4.69, 9.17) is 17.3 Å². The summed E-state index contributed by atoms with van der Waals surface area (Å²) >= 11 is 5.83. The third kappa shape index (κ3) is 3.05. The van der Waals surface area contributed by atoms with E-state index in [1.54, 1.807) is 6.92 Å². The summed E-state index contributed by atoms with van der Waals surface area (Å²) in [7, 11) is 0. The smallest absolute Gasteiger partial charge is 0.383 e. The van der Waals surface area contributed by atoms with Gasteiger partial charge in [-0.05, 0) is 36.8 Å². The highest BCUT2D eigenvalue weighted by atomic mass is 35.5. The van der Waals surface area contributed by atoms with Crippen molar-refractivity contribution < 1.29 is 26.3 Å². The molecule has 3 aromatic rings. The first-order chi connectivity index (χ1) is 11.9. The van der Waals surface area contributed by atoms with Crippen molar-refractivity contribution >= 4 is 28.3 Å². The number of pyridine rings is 1. The van der Waals surface area contributed by atoms with Crippen molar-refractivity contribution in [3.8, 4) is 5.69 Å². The maximum Gasteiger partial charge on any atom is 0.434 e. The third-order valence-electron chi connectivity index (χ3n) is 3.64. The average Bonchev–Trinajstić information content (AvgIpc) is 2.81. The van der Waals surface area contributed by atoms with Crippen LogP contribution in [-0.2, 0) is 12.4 Å². The second-order valence-corrected chi connectivity index (χ2v) is 5.91. The van der Waals surface area contributed by atoms with Crippen LogP contribution in [0.15, 0.2) is 24.3 Å². The van der Waals surface area contributed by atoms with E-state index >= 15 is 0 Å². The summed E-state index contributed by atoms with van der Waals surface area (Å²) in [6, 6.07) is 4.86. The van der Waals surface area contributed by atoms with E-state index in [1.165, 1.54) is 18.2 Å². The minimum atomic E-state index is -5.14. The van der Waals surface area contributed by atoms with Crippen LogP contribution in [-0.4, -0.2) is 14.8 Å². The van der Waals surface area contributed by atoms with Gasteiger partial charge >= 0.3 is 12.4 Å². The molecule has 0 spiro atoms. The quantitative estimate of drug-likeness (QED) is 0.591. The van der Waals surface area contributed by atoms with Crippen molar-refractivity contribution in [3.63, 3.8) is 0 Å². The fourth-order valence-electron chi connectivity index (χ4n) is 2.52. The van der Waals surface area contributed by atoms with Gasteiger partial charge in [-0.25, -0.2) is 9.67 Å². The van der Waals surface area contributed by atoms with E-state index in [1.807, 2.05) is 0 Å². The molecule has 0 aliphatic carbocycles. The molecule has 0 bridgehead atoms. The summed E-state index contributed by atoms with van der Waals surface area (Å²) in [5.74, 6) is -0.473. The van der Waals surface area contributed by atoms with Gasteiger partial charge in [-0.1, -0.05) is 11.6 Å². The van der Waals surface area contributed by atoms with Gasteiger partial charge in [-0.2, -0.15) is 31.4 Å². The molecular weight excluding hydrogens is 386 g/mol. The molecule has 1 aromatic carbocycles. The van der Waals surface area contributed by atoms with Gasteiger partial charge in [-0.3, -0.25) is 0 Å². The number of hydrogen-bond acceptors (Lipinski definition) is 3. The number of nitrogen functional groups attached to an aromatic ring is 1. The lowest BCUT2D eigenvalue weighted by Crippen LogP contribution is -2.15. The van der Waals surface area contributed by atoms with Crippen LogP contribution in [0.5, 0.6) is 0 Å². The first-order valence-electron chi connectivity index (χ1n) is 6.99. The van der Waals surface area contributed by atoms with Gasteiger partial charge in [-0.15, -0.1) is 0 Å². The topological polar surface area (TPSA) is 56.7 Å². The number of aryl methyl sites for hydroxylation is 1. The van der Waals surface area contributed by atoms with E-state index in [0.29, 0.717) is 16.7 Å². The predicted octanol–water partition coefficient (Wildman–Crippen LogP) is 5.00. The number of rotatable bonds is 1. The lowest BCUT2D eigenvalue weighted by atomic mass is 10.1. The van der Waals surface area contributed by atoms with Gasteiger partial charge < -0.3 is 5.73 Å². The second kappa shape index (κ2) is 5.76. The second-order valence-electron chi connectivity index (χ2n) is 5.47. The Hall–Kier alpha value is -2.49. The number of hydrogen-bond donors (Lipinski definition) is 1. The van der Waals surface area contributed by atoms with E-state index in [0.717, 1.165) is 4.68 Å². The van der Waals surface area contributed by atoms with E-state index < -0.39 is 40.5 Å². The number of nitrogens with two attached hydrogens (primary N) is 1. The molecule has 3 rings (SSSR count). The number of fused-ring (bicyclic) bond motifs is 1. The molecule has 2 N–H and O–H groups in total. The highest BCUT2D eigenvalue weighted by Crippen LogP contribution is 2.40. The van der Waals surface area contributed by atoms with E-state index in [-0.39, 0.29) is 5.69 Å². The Morgan fingerprint density at radius 2 is 1.69 bits per heavy atom. The molecule has 2 aromatic heterocycles. The van der Waals surface area contributed by atoms with Crippen LogP contribution in [0.4, 0.5) is 32.2 Å². The van der Waals surface area contributed by atoms with Crippen LogP contribution in [0.1, 0.15) is 17.0 Å². The first kappa shape index (κ1) is 18.3. The Labute approximate surface area is 147 Å². The maximum atomic E-state index is 13.3. The van der Waals surface area contributed by atoms with Crippen molar-refractivity contribution in [1.82, 2.24) is 14.8 Å². The van der Waals surface area contributed by atoms with Gasteiger partial charge in [0, 0.05) is 5.02 Å². The summed E-state index contributed by atoms with van der Waals surface area (Å²) in [6.07, 6.45) is -10.2. The monoisotopic (exact) mass is 394 g/mol. The molecule has 0 radical (unpaired) electrons. The van der Waals surface area contributed by atoms with Gasteiger partial charge in [0.25, 0.3) is 0 Å². The molecule has 0 saturated carbocycles. The standard InChI is InChI=1S/C15H9ClF6N4/c1-6-4-7(16)2-3-9(6)26-13(23)11-8(25-26)5-10(14(17,18)19)24-12(11)15(20,21)22/h2-5H,23H2,1H3. The number of nitrogens with zero attached hydrogens (tertiary/aromatic N) is 3. The fourth-order valence-corrected chi connectivity index (χ4v) is 2.75. The van der Waals surface area contributed by atoms with Crippen molar-refractivity contribution in [2.24, 2.45) is 0 Å². The Morgan fingerprint density at radius 1 is 1.04 bits per heavy atom. The zero-order chi connectivity index (χ0) is 19.4. The Balaban J connectivity index is 2.38. The molecular formula is C15H9ClF6N4. The summed E-state index contributed by atoms with van der Waals surface area (Å²) < 4.78 is 79.5. The molecule has 0 fully saturated rings. The van der Waals surface area contributed by atoms with E-state index in [2.05, 4.69) is 10.1 Å². The fraction of sp³-hybridized carbons (Fsp3) is 0.200. The number of aromatic nitrogens is 3. The van der Waals surface area contributed by atoms with Gasteiger partial charge in [0.05, 0.1) is 16.6 Å². The lowest BCUT2D eigenvalue weighted by molar-refractivity contribution is -0.149. The summed E-state index contributed by atoms with van der Waals surface area (Å²) in [5, 5.41) is 3.51. The van der Waals surface area contributed by atoms with Crippen molar-refractivity contribution in [2.75, 3.05) is 5.73 Å². The Kier molecular flexibility index (Phi) is 4.06. The minimum absolute atomic E-state index is 0.282. The largest absolute Gasteiger partial charge is 0.434 e. The highest BCUT2D eigenvalue weighted by Gasteiger charge is 2.41. The lowest BCUT2D eigenvalue weighted by Gasteiger charge is -2.11. The SMILES string of the molecule is Cc1cc(Cl)ccc1-n1nc2cc(C(F)(F)F)nc(C(F)(F)F)c2c1N. The van der Waals surface area contributed by atoms with Crippen molar-refractivity contribution in [2.45, 2.75) is 19.3 Å².